The molecule has 0 N–H and O–H groups in total. The lowest BCUT2D eigenvalue weighted by Gasteiger charge is -2.05. The first-order valence-corrected chi connectivity index (χ1v) is 7.46. The predicted molar refractivity (Wildman–Crippen MR) is 88.8 cm³/mol. The van der Waals surface area contributed by atoms with E-state index >= 15 is 0 Å². The molecular formula is C19H21NO2. The number of carbonyl (C=O) groups is 1. The molecule has 2 aromatic rings. The molecule has 0 fully saturated rings. The van der Waals surface area contributed by atoms with Gasteiger partial charge >= 0.3 is 5.97 Å². The quantitative estimate of drug-likeness (QED) is 0.460. The Hall–Kier alpha value is -2.42. The van der Waals surface area contributed by atoms with Crippen LogP contribution in [-0.2, 0) is 22.5 Å². The average molecular weight is 295 g/mol. The molecular weight excluding hydrogens is 274 g/mol. The summed E-state index contributed by atoms with van der Waals surface area (Å²) in [4.78, 5) is 16.6. The van der Waals surface area contributed by atoms with Crippen molar-refractivity contribution in [2.45, 2.75) is 26.7 Å². The largest absolute Gasteiger partial charge is 0.339 e. The number of benzene rings is 2. The molecule has 0 radical (unpaired) electrons. The van der Waals surface area contributed by atoms with Crippen LogP contribution in [0.1, 0.15) is 23.6 Å². The zero-order valence-corrected chi connectivity index (χ0v) is 13.0. The number of hydrogen-bond donors (Lipinski definition) is 0. The molecule has 0 aliphatic rings. The van der Waals surface area contributed by atoms with Crippen molar-refractivity contribution >= 4 is 12.2 Å². The molecule has 0 saturated heterocycles. The lowest BCUT2D eigenvalue weighted by atomic mass is 10.0. The molecule has 0 spiro atoms. The summed E-state index contributed by atoms with van der Waals surface area (Å²) >= 11 is 0. The second-order valence-corrected chi connectivity index (χ2v) is 5.55. The summed E-state index contributed by atoms with van der Waals surface area (Å²) in [6, 6.07) is 17.9. The third kappa shape index (κ3) is 5.52. The zero-order chi connectivity index (χ0) is 15.8. The third-order valence-electron chi connectivity index (χ3n) is 3.34. The van der Waals surface area contributed by atoms with Crippen LogP contribution in [0.4, 0.5) is 0 Å². The van der Waals surface area contributed by atoms with Gasteiger partial charge in [-0.2, -0.15) is 0 Å². The molecule has 3 nitrogen and oxygen atoms in total. The van der Waals surface area contributed by atoms with Gasteiger partial charge in [0.2, 0.25) is 0 Å². The Balaban J connectivity index is 1.76. The summed E-state index contributed by atoms with van der Waals surface area (Å²) in [7, 11) is 0. The molecule has 0 bridgehead atoms. The minimum absolute atomic E-state index is 0.215. The first-order valence-electron chi connectivity index (χ1n) is 7.46. The highest BCUT2D eigenvalue weighted by Gasteiger charge is 2.05. The van der Waals surface area contributed by atoms with Gasteiger partial charge in [-0.1, -0.05) is 72.2 Å². The van der Waals surface area contributed by atoms with Gasteiger partial charge < -0.3 is 4.84 Å². The second kappa shape index (κ2) is 8.13. The lowest BCUT2D eigenvalue weighted by Crippen LogP contribution is -2.06. The molecule has 1 unspecified atom stereocenters. The minimum Gasteiger partial charge on any atom is -0.318 e. The number of rotatable bonds is 6. The Morgan fingerprint density at radius 1 is 1.09 bits per heavy atom. The molecule has 0 aliphatic heterocycles. The van der Waals surface area contributed by atoms with Gasteiger partial charge in [0, 0.05) is 6.21 Å². The molecule has 2 aromatic carbocycles. The van der Waals surface area contributed by atoms with E-state index in [2.05, 4.69) is 36.3 Å². The molecule has 0 heterocycles. The number of carbonyl (C=O) groups excluding carboxylic acids is 1. The molecule has 114 valence electrons. The summed E-state index contributed by atoms with van der Waals surface area (Å²) in [6.45, 7) is 4.12. The van der Waals surface area contributed by atoms with Gasteiger partial charge in [-0.15, -0.1) is 0 Å². The van der Waals surface area contributed by atoms with Crippen LogP contribution in [0.15, 0.2) is 59.8 Å². The van der Waals surface area contributed by atoms with Gasteiger partial charge in [0.05, 0.1) is 6.42 Å². The molecule has 0 aromatic heterocycles. The van der Waals surface area contributed by atoms with E-state index in [9.17, 15) is 4.79 Å². The fourth-order valence-electron chi connectivity index (χ4n) is 2.14. The summed E-state index contributed by atoms with van der Waals surface area (Å²) in [6.07, 6.45) is 2.80. The Labute approximate surface area is 131 Å². The normalized spacial score (nSPS) is 12.3. The smallest absolute Gasteiger partial charge is 0.318 e. The molecule has 0 saturated carbocycles. The highest BCUT2D eigenvalue weighted by molar-refractivity contribution is 5.73. The number of aryl methyl sites for hydroxylation is 1. The van der Waals surface area contributed by atoms with E-state index in [1.165, 1.54) is 11.1 Å². The van der Waals surface area contributed by atoms with Crippen molar-refractivity contribution in [2.75, 3.05) is 0 Å². The number of hydrogen-bond acceptors (Lipinski definition) is 3. The SMILES string of the molecule is Cc1ccc(CC(C)C=NOC(=O)Cc2ccccc2)cc1. The maximum atomic E-state index is 11.7. The first kappa shape index (κ1) is 16.0. The van der Waals surface area contributed by atoms with Crippen LogP contribution < -0.4 is 0 Å². The van der Waals surface area contributed by atoms with Crippen molar-refractivity contribution in [1.82, 2.24) is 0 Å². The molecule has 0 aliphatic carbocycles. The zero-order valence-electron chi connectivity index (χ0n) is 13.0. The Morgan fingerprint density at radius 3 is 2.45 bits per heavy atom. The highest BCUT2D eigenvalue weighted by atomic mass is 16.7. The summed E-state index contributed by atoms with van der Waals surface area (Å²) in [5.74, 6) is -0.128. The minimum atomic E-state index is -0.343. The third-order valence-corrected chi connectivity index (χ3v) is 3.34. The van der Waals surface area contributed by atoms with Crippen molar-refractivity contribution < 1.29 is 9.63 Å². The summed E-state index contributed by atoms with van der Waals surface area (Å²) < 4.78 is 0. The molecule has 1 atom stereocenters. The van der Waals surface area contributed by atoms with Gasteiger partial charge in [0.1, 0.15) is 0 Å². The van der Waals surface area contributed by atoms with Crippen LogP contribution in [0.2, 0.25) is 0 Å². The summed E-state index contributed by atoms with van der Waals surface area (Å²) in [5.41, 5.74) is 3.43. The van der Waals surface area contributed by atoms with Crippen molar-refractivity contribution in [3.05, 3.63) is 71.3 Å². The molecule has 22 heavy (non-hydrogen) atoms. The Kier molecular flexibility index (Phi) is 5.90. The van der Waals surface area contributed by atoms with Crippen LogP contribution in [0.5, 0.6) is 0 Å². The standard InChI is InChI=1S/C19H21NO2/c1-15-8-10-18(11-9-15)12-16(2)14-20-22-19(21)13-17-6-4-3-5-7-17/h3-11,14,16H,12-13H2,1-2H3. The first-order chi connectivity index (χ1) is 10.6. The Morgan fingerprint density at radius 2 is 1.77 bits per heavy atom. The van der Waals surface area contributed by atoms with E-state index in [1.54, 1.807) is 6.21 Å². The lowest BCUT2D eigenvalue weighted by molar-refractivity contribution is -0.142. The molecule has 2 rings (SSSR count). The second-order valence-electron chi connectivity index (χ2n) is 5.55. The molecule has 3 heteroatoms. The van der Waals surface area contributed by atoms with Gasteiger partial charge in [0.15, 0.2) is 0 Å². The van der Waals surface area contributed by atoms with E-state index in [1.807, 2.05) is 37.3 Å². The highest BCUT2D eigenvalue weighted by Crippen LogP contribution is 2.09. The fraction of sp³-hybridized carbons (Fsp3) is 0.263. The van der Waals surface area contributed by atoms with Crippen LogP contribution in [0.3, 0.4) is 0 Å². The molecule has 0 amide bonds. The number of nitrogens with zero attached hydrogens (tertiary/aromatic N) is 1. The maximum Gasteiger partial charge on any atom is 0.339 e. The van der Waals surface area contributed by atoms with Crippen molar-refractivity contribution in [1.29, 1.82) is 0 Å². The monoisotopic (exact) mass is 295 g/mol. The van der Waals surface area contributed by atoms with E-state index in [-0.39, 0.29) is 18.3 Å². The van der Waals surface area contributed by atoms with Gasteiger partial charge in [-0.3, -0.25) is 0 Å². The van der Waals surface area contributed by atoms with Crippen LogP contribution in [0, 0.1) is 12.8 Å². The summed E-state index contributed by atoms with van der Waals surface area (Å²) in [5, 5.41) is 3.81. The van der Waals surface area contributed by atoms with Crippen LogP contribution in [-0.4, -0.2) is 12.2 Å². The number of oxime groups is 1. The van der Waals surface area contributed by atoms with E-state index < -0.39 is 0 Å². The van der Waals surface area contributed by atoms with Crippen molar-refractivity contribution in [2.24, 2.45) is 11.1 Å². The fourth-order valence-corrected chi connectivity index (χ4v) is 2.14. The predicted octanol–water partition coefficient (Wildman–Crippen LogP) is 3.95. The topological polar surface area (TPSA) is 38.7 Å². The average Bonchev–Trinajstić information content (AvgIpc) is 2.50. The van der Waals surface area contributed by atoms with Crippen molar-refractivity contribution in [3.8, 4) is 0 Å². The van der Waals surface area contributed by atoms with Gasteiger partial charge in [0.25, 0.3) is 0 Å². The van der Waals surface area contributed by atoms with Gasteiger partial charge in [-0.25, -0.2) is 4.79 Å². The van der Waals surface area contributed by atoms with Crippen LogP contribution >= 0.6 is 0 Å². The van der Waals surface area contributed by atoms with E-state index in [0.717, 1.165) is 12.0 Å². The van der Waals surface area contributed by atoms with Gasteiger partial charge in [-0.05, 0) is 30.4 Å². The maximum absolute atomic E-state index is 11.7. The Bertz CT molecular complexity index is 618. The van der Waals surface area contributed by atoms with Crippen LogP contribution in [0.25, 0.3) is 0 Å². The van der Waals surface area contributed by atoms with E-state index in [4.69, 9.17) is 4.84 Å². The van der Waals surface area contributed by atoms with Crippen molar-refractivity contribution in [3.63, 3.8) is 0 Å². The van der Waals surface area contributed by atoms with E-state index in [0.29, 0.717) is 0 Å².